The minimum atomic E-state index is 0.0832. The van der Waals surface area contributed by atoms with E-state index in [0.717, 1.165) is 53.7 Å². The predicted molar refractivity (Wildman–Crippen MR) is 126 cm³/mol. The number of anilines is 1. The lowest BCUT2D eigenvalue weighted by atomic mass is 9.90. The lowest BCUT2D eigenvalue weighted by Crippen LogP contribution is -2.46. The van der Waals surface area contributed by atoms with Crippen LogP contribution in [0.4, 0.5) is 5.82 Å². The molecule has 0 spiro atoms. The molecule has 0 unspecified atom stereocenters. The molecule has 0 amide bonds. The fourth-order valence-corrected chi connectivity index (χ4v) is 5.88. The van der Waals surface area contributed by atoms with Gasteiger partial charge in [0.1, 0.15) is 16.5 Å². The topological polar surface area (TPSA) is 88.3 Å². The van der Waals surface area contributed by atoms with Crippen molar-refractivity contribution >= 4 is 27.4 Å². The van der Waals surface area contributed by atoms with Gasteiger partial charge < -0.3 is 15.2 Å². The van der Waals surface area contributed by atoms with Crippen molar-refractivity contribution < 1.29 is 9.84 Å². The lowest BCUT2D eigenvalue weighted by Gasteiger charge is -2.39. The van der Waals surface area contributed by atoms with Crippen molar-refractivity contribution in [2.45, 2.75) is 57.7 Å². The Kier molecular flexibility index (Phi) is 6.68. The molecule has 2 N–H and O–H groups in total. The van der Waals surface area contributed by atoms with Crippen LogP contribution in [0.25, 0.3) is 10.2 Å². The summed E-state index contributed by atoms with van der Waals surface area (Å²) < 4.78 is 7.28. The van der Waals surface area contributed by atoms with Crippen molar-refractivity contribution in [3.05, 3.63) is 34.7 Å². The third kappa shape index (κ3) is 4.80. The van der Waals surface area contributed by atoms with E-state index in [1.54, 1.807) is 16.0 Å². The van der Waals surface area contributed by atoms with Gasteiger partial charge in [0.15, 0.2) is 0 Å². The van der Waals surface area contributed by atoms with Crippen molar-refractivity contribution in [3.63, 3.8) is 0 Å². The quantitative estimate of drug-likeness (QED) is 0.565. The van der Waals surface area contributed by atoms with Crippen LogP contribution in [0.15, 0.2) is 17.8 Å². The second kappa shape index (κ2) is 9.82. The second-order valence-corrected chi connectivity index (χ2v) is 9.76. The zero-order valence-electron chi connectivity index (χ0n) is 18.7. The Bertz CT molecular complexity index is 1040. The van der Waals surface area contributed by atoms with Gasteiger partial charge >= 0.3 is 0 Å². The number of fused-ring (bicyclic) bond motifs is 1. The number of nitrogens with zero attached hydrogens (tertiary/aromatic N) is 5. The molecule has 1 aliphatic carbocycles. The van der Waals surface area contributed by atoms with Crippen LogP contribution < -0.4 is 5.32 Å². The largest absolute Gasteiger partial charge is 0.394 e. The van der Waals surface area contributed by atoms with E-state index in [-0.39, 0.29) is 6.61 Å². The lowest BCUT2D eigenvalue weighted by molar-refractivity contribution is 0.00791. The number of thiophene rings is 1. The Hall–Kier alpha value is -2.07. The van der Waals surface area contributed by atoms with Gasteiger partial charge in [-0.15, -0.1) is 11.3 Å². The Labute approximate surface area is 192 Å². The highest BCUT2D eigenvalue weighted by Crippen LogP contribution is 2.32. The highest BCUT2D eigenvalue weighted by atomic mass is 32.1. The first-order chi connectivity index (χ1) is 15.7. The van der Waals surface area contributed by atoms with E-state index in [9.17, 15) is 0 Å². The van der Waals surface area contributed by atoms with E-state index in [1.807, 2.05) is 12.4 Å². The van der Waals surface area contributed by atoms with E-state index < -0.39 is 0 Å². The van der Waals surface area contributed by atoms with Crippen molar-refractivity contribution in [2.75, 3.05) is 38.2 Å². The van der Waals surface area contributed by atoms with Crippen molar-refractivity contribution in [3.8, 4) is 0 Å². The molecule has 0 bridgehead atoms. The predicted octanol–water partition coefficient (Wildman–Crippen LogP) is 2.83. The zero-order valence-corrected chi connectivity index (χ0v) is 19.5. The van der Waals surface area contributed by atoms with E-state index in [1.165, 1.54) is 31.2 Å². The molecular weight excluding hydrogens is 424 g/mol. The summed E-state index contributed by atoms with van der Waals surface area (Å²) >= 11 is 1.68. The number of hydrogen-bond donors (Lipinski definition) is 2. The van der Waals surface area contributed by atoms with E-state index >= 15 is 0 Å². The molecule has 4 heterocycles. The van der Waals surface area contributed by atoms with Crippen LogP contribution in [-0.2, 0) is 17.7 Å². The minimum absolute atomic E-state index is 0.0832. The maximum absolute atomic E-state index is 9.12. The molecule has 9 heteroatoms. The highest BCUT2D eigenvalue weighted by Gasteiger charge is 2.27. The SMILES string of the molecule is Cc1csc2nc(Cc3cnn(CCO)c3)nc(NC3CCC(N4CCOCC4)CC3)c12. The molecule has 5 rings (SSSR count). The third-order valence-electron chi connectivity index (χ3n) is 6.64. The van der Waals surface area contributed by atoms with Gasteiger partial charge in [0.05, 0.1) is 37.9 Å². The smallest absolute Gasteiger partial charge is 0.139 e. The number of aromatic nitrogens is 4. The van der Waals surface area contributed by atoms with Crippen LogP contribution in [0.5, 0.6) is 0 Å². The number of hydrogen-bond acceptors (Lipinski definition) is 8. The number of aliphatic hydroxyl groups is 1. The van der Waals surface area contributed by atoms with Gasteiger partial charge in [-0.3, -0.25) is 9.58 Å². The van der Waals surface area contributed by atoms with Gasteiger partial charge in [-0.1, -0.05) is 0 Å². The molecule has 2 fully saturated rings. The number of morpholine rings is 1. The summed E-state index contributed by atoms with van der Waals surface area (Å²) in [7, 11) is 0. The summed E-state index contributed by atoms with van der Waals surface area (Å²) in [5.41, 5.74) is 2.29. The molecule has 0 aromatic carbocycles. The molecule has 8 nitrogen and oxygen atoms in total. The van der Waals surface area contributed by atoms with E-state index in [4.69, 9.17) is 19.8 Å². The zero-order chi connectivity index (χ0) is 21.9. The molecule has 0 radical (unpaired) electrons. The fourth-order valence-electron chi connectivity index (χ4n) is 4.94. The molecule has 1 aliphatic heterocycles. The average molecular weight is 457 g/mol. The van der Waals surface area contributed by atoms with Crippen LogP contribution in [0.1, 0.15) is 42.6 Å². The summed E-state index contributed by atoms with van der Waals surface area (Å²) in [6, 6.07) is 1.14. The van der Waals surface area contributed by atoms with E-state index in [2.05, 4.69) is 27.6 Å². The number of aliphatic hydroxyl groups excluding tert-OH is 1. The molecule has 32 heavy (non-hydrogen) atoms. The van der Waals surface area contributed by atoms with Crippen LogP contribution in [-0.4, -0.2) is 74.7 Å². The number of nitrogens with one attached hydrogen (secondary N) is 1. The molecule has 172 valence electrons. The Morgan fingerprint density at radius 1 is 1.19 bits per heavy atom. The summed E-state index contributed by atoms with van der Waals surface area (Å²) in [6.07, 6.45) is 9.22. The van der Waals surface area contributed by atoms with Gasteiger partial charge in [0, 0.05) is 37.8 Å². The second-order valence-electron chi connectivity index (χ2n) is 8.90. The maximum atomic E-state index is 9.12. The first-order valence-electron chi connectivity index (χ1n) is 11.6. The highest BCUT2D eigenvalue weighted by molar-refractivity contribution is 7.17. The van der Waals surface area contributed by atoms with Crippen LogP contribution in [0, 0.1) is 6.92 Å². The molecule has 3 aromatic heterocycles. The molecule has 1 saturated heterocycles. The number of ether oxygens (including phenoxy) is 1. The number of aryl methyl sites for hydroxylation is 1. The molecule has 0 atom stereocenters. The van der Waals surface area contributed by atoms with E-state index in [0.29, 0.717) is 25.0 Å². The Morgan fingerprint density at radius 3 is 2.78 bits per heavy atom. The first-order valence-corrected chi connectivity index (χ1v) is 12.5. The first kappa shape index (κ1) is 21.8. The van der Waals surface area contributed by atoms with Gasteiger partial charge in [-0.25, -0.2) is 9.97 Å². The third-order valence-corrected chi connectivity index (χ3v) is 7.63. The van der Waals surface area contributed by atoms with Crippen LogP contribution in [0.3, 0.4) is 0 Å². The molecule has 2 aliphatic rings. The molecule has 1 saturated carbocycles. The van der Waals surface area contributed by atoms with Crippen molar-refractivity contribution in [1.29, 1.82) is 0 Å². The summed E-state index contributed by atoms with van der Waals surface area (Å²) in [5.74, 6) is 1.79. The fraction of sp³-hybridized carbons (Fsp3) is 0.609. The Morgan fingerprint density at radius 2 is 2.00 bits per heavy atom. The number of rotatable bonds is 7. The van der Waals surface area contributed by atoms with Gasteiger partial charge in [-0.2, -0.15) is 5.10 Å². The Balaban J connectivity index is 1.30. The van der Waals surface area contributed by atoms with Gasteiger partial charge in [-0.05, 0) is 49.1 Å². The van der Waals surface area contributed by atoms with Crippen LogP contribution in [0.2, 0.25) is 0 Å². The molecule has 3 aromatic rings. The van der Waals surface area contributed by atoms with Crippen LogP contribution >= 0.6 is 11.3 Å². The minimum Gasteiger partial charge on any atom is -0.394 e. The van der Waals surface area contributed by atoms with Gasteiger partial charge in [0.25, 0.3) is 0 Å². The standard InChI is InChI=1S/C23H32N6O2S/c1-16-15-32-23-21(16)22(26-20(27-23)12-17-13-24-29(14-17)6-9-30)25-18-2-4-19(5-3-18)28-7-10-31-11-8-28/h13-15,18-19,30H,2-12H2,1H3,(H,25,26,27). The van der Waals surface area contributed by atoms with Crippen molar-refractivity contribution in [1.82, 2.24) is 24.6 Å². The van der Waals surface area contributed by atoms with Crippen molar-refractivity contribution in [2.24, 2.45) is 0 Å². The monoisotopic (exact) mass is 456 g/mol. The molecular formula is C23H32N6O2S. The summed E-state index contributed by atoms with van der Waals surface area (Å²) in [6.45, 7) is 6.61. The maximum Gasteiger partial charge on any atom is 0.139 e. The summed E-state index contributed by atoms with van der Waals surface area (Å²) in [4.78, 5) is 13.4. The average Bonchev–Trinajstić information content (AvgIpc) is 3.41. The normalized spacial score (nSPS) is 22.4. The summed E-state index contributed by atoms with van der Waals surface area (Å²) in [5, 5.41) is 20.5. The van der Waals surface area contributed by atoms with Gasteiger partial charge in [0.2, 0.25) is 0 Å².